The van der Waals surface area contributed by atoms with Gasteiger partial charge in [0.1, 0.15) is 0 Å². The van der Waals surface area contributed by atoms with E-state index in [-0.39, 0.29) is 17.2 Å². The first kappa shape index (κ1) is 21.7. The molecule has 5 rings (SSSR count). The average molecular weight is 467 g/mol. The number of para-hydroxylation sites is 1. The van der Waals surface area contributed by atoms with Crippen molar-refractivity contribution >= 4 is 28.0 Å². The molecule has 34 heavy (non-hydrogen) atoms. The van der Waals surface area contributed by atoms with Gasteiger partial charge < -0.3 is 5.32 Å². The average Bonchev–Trinajstić information content (AvgIpc) is 3.31. The predicted molar refractivity (Wildman–Crippen MR) is 136 cm³/mol. The number of carbonyl (C=O) groups is 1. The first-order chi connectivity index (χ1) is 16.6. The molecule has 0 spiro atoms. The van der Waals surface area contributed by atoms with Crippen molar-refractivity contribution in [2.24, 2.45) is 0 Å². The van der Waals surface area contributed by atoms with Crippen LogP contribution in [0.1, 0.15) is 21.1 Å². The minimum atomic E-state index is -0.310. The van der Waals surface area contributed by atoms with Crippen molar-refractivity contribution in [1.82, 2.24) is 20.1 Å². The Labute approximate surface area is 200 Å². The van der Waals surface area contributed by atoms with Crippen molar-refractivity contribution in [2.75, 3.05) is 6.54 Å². The largest absolute Gasteiger partial charge is 0.350 e. The lowest BCUT2D eigenvalue weighted by Gasteiger charge is -2.11. The Bertz CT molecular complexity index is 1520. The topological polar surface area (TPSA) is 76.9 Å². The van der Waals surface area contributed by atoms with Crippen molar-refractivity contribution in [3.05, 3.63) is 111 Å². The van der Waals surface area contributed by atoms with Crippen LogP contribution in [0.4, 0.5) is 0 Å². The Kier molecular flexibility index (Phi) is 6.01. The van der Waals surface area contributed by atoms with E-state index in [1.807, 2.05) is 25.1 Å². The summed E-state index contributed by atoms with van der Waals surface area (Å²) in [4.78, 5) is 30.6. The van der Waals surface area contributed by atoms with E-state index in [1.54, 1.807) is 47.7 Å². The molecule has 6 nitrogen and oxygen atoms in total. The van der Waals surface area contributed by atoms with E-state index in [0.29, 0.717) is 29.4 Å². The molecule has 1 N–H and O–H groups in total. The van der Waals surface area contributed by atoms with Crippen molar-refractivity contribution < 1.29 is 4.79 Å². The number of nitrogens with zero attached hydrogens (tertiary/aromatic N) is 3. The zero-order chi connectivity index (χ0) is 23.5. The number of hydrogen-bond donors (Lipinski definition) is 1. The Balaban J connectivity index is 1.35. The fourth-order valence-electron chi connectivity index (χ4n) is 3.84. The molecule has 0 bridgehead atoms. The van der Waals surface area contributed by atoms with Crippen LogP contribution in [0.25, 0.3) is 27.7 Å². The Morgan fingerprint density at radius 3 is 2.35 bits per heavy atom. The zero-order valence-corrected chi connectivity index (χ0v) is 19.4. The molecule has 0 unspecified atom stereocenters. The molecule has 7 heteroatoms. The molecule has 168 valence electrons. The predicted octanol–water partition coefficient (Wildman–Crippen LogP) is 4.79. The van der Waals surface area contributed by atoms with Gasteiger partial charge in [0.2, 0.25) is 0 Å². The highest BCUT2D eigenvalue weighted by atomic mass is 32.1. The fourth-order valence-corrected chi connectivity index (χ4v) is 4.47. The molecule has 5 aromatic rings. The molecule has 0 saturated heterocycles. The number of carbonyl (C=O) groups excluding carboxylic acids is 1. The molecule has 0 saturated carbocycles. The fraction of sp³-hybridized carbons (Fsp3) is 0.111. The second-order valence-corrected chi connectivity index (χ2v) is 8.96. The van der Waals surface area contributed by atoms with Gasteiger partial charge in [0.05, 0.1) is 21.8 Å². The van der Waals surface area contributed by atoms with Crippen molar-refractivity contribution in [1.29, 1.82) is 0 Å². The summed E-state index contributed by atoms with van der Waals surface area (Å²) in [5.74, 6) is -0.310. The Morgan fingerprint density at radius 2 is 1.65 bits per heavy atom. The maximum Gasteiger partial charge on any atom is 0.279 e. The van der Waals surface area contributed by atoms with Crippen LogP contribution in [-0.2, 0) is 6.42 Å². The summed E-state index contributed by atoms with van der Waals surface area (Å²) in [6.07, 6.45) is 0.679. The highest BCUT2D eigenvalue weighted by Gasteiger charge is 2.17. The molecule has 0 aliphatic rings. The summed E-state index contributed by atoms with van der Waals surface area (Å²) >= 11 is 1.63. The maximum absolute atomic E-state index is 13.1. The highest BCUT2D eigenvalue weighted by molar-refractivity contribution is 7.09. The first-order valence-electron chi connectivity index (χ1n) is 11.0. The third kappa shape index (κ3) is 4.38. The smallest absolute Gasteiger partial charge is 0.279 e. The molecular weight excluding hydrogens is 444 g/mol. The van der Waals surface area contributed by atoms with Gasteiger partial charge in [-0.1, -0.05) is 60.7 Å². The molecule has 0 aliphatic heterocycles. The van der Waals surface area contributed by atoms with Gasteiger partial charge in [-0.2, -0.15) is 9.78 Å². The number of thiazole rings is 1. The maximum atomic E-state index is 13.1. The van der Waals surface area contributed by atoms with Gasteiger partial charge in [0, 0.05) is 22.9 Å². The van der Waals surface area contributed by atoms with Crippen LogP contribution < -0.4 is 10.9 Å². The van der Waals surface area contributed by atoms with E-state index in [0.717, 1.165) is 21.8 Å². The lowest BCUT2D eigenvalue weighted by Crippen LogP contribution is -2.31. The molecule has 0 fully saturated rings. The number of hydrogen-bond acceptors (Lipinski definition) is 5. The van der Waals surface area contributed by atoms with Gasteiger partial charge in [-0.25, -0.2) is 4.98 Å². The second kappa shape index (κ2) is 9.41. The van der Waals surface area contributed by atoms with E-state index < -0.39 is 0 Å². The summed E-state index contributed by atoms with van der Waals surface area (Å²) < 4.78 is 1.29. The number of aromatic nitrogens is 3. The van der Waals surface area contributed by atoms with Crippen LogP contribution >= 0.6 is 11.3 Å². The number of nitrogens with one attached hydrogen (secondary N) is 1. The number of amides is 1. The first-order valence-corrected chi connectivity index (χ1v) is 11.9. The van der Waals surface area contributed by atoms with E-state index >= 15 is 0 Å². The van der Waals surface area contributed by atoms with Crippen LogP contribution in [0.2, 0.25) is 0 Å². The van der Waals surface area contributed by atoms with Gasteiger partial charge in [-0.05, 0) is 37.1 Å². The normalized spacial score (nSPS) is 11.0. The lowest BCUT2D eigenvalue weighted by molar-refractivity contribution is 0.0949. The minimum absolute atomic E-state index is 0.230. The third-order valence-corrected chi connectivity index (χ3v) is 6.36. The summed E-state index contributed by atoms with van der Waals surface area (Å²) in [7, 11) is 0. The van der Waals surface area contributed by atoms with E-state index in [9.17, 15) is 9.59 Å². The SMILES string of the molecule is Cc1nc(-c2ccc(CCNC(=O)c3nn(-c4ccccc4)c(=O)c4ccccc34)cc2)cs1. The molecule has 0 atom stereocenters. The van der Waals surface area contributed by atoms with Crippen LogP contribution in [-0.4, -0.2) is 27.2 Å². The van der Waals surface area contributed by atoms with Crippen LogP contribution in [0.3, 0.4) is 0 Å². The molecular formula is C27H22N4O2S. The van der Waals surface area contributed by atoms with Gasteiger partial charge in [0.15, 0.2) is 5.69 Å². The molecule has 2 aromatic heterocycles. The van der Waals surface area contributed by atoms with E-state index in [1.165, 1.54) is 4.68 Å². The second-order valence-electron chi connectivity index (χ2n) is 7.90. The summed E-state index contributed by atoms with van der Waals surface area (Å²) in [5, 5.41) is 11.5. The summed E-state index contributed by atoms with van der Waals surface area (Å²) in [6.45, 7) is 2.45. The Hall–Kier alpha value is -4.10. The van der Waals surface area contributed by atoms with Gasteiger partial charge >= 0.3 is 0 Å². The number of rotatable bonds is 6. The summed E-state index contributed by atoms with van der Waals surface area (Å²) in [5.41, 5.74) is 3.76. The monoisotopic (exact) mass is 466 g/mol. The molecule has 3 aromatic carbocycles. The van der Waals surface area contributed by atoms with Crippen LogP contribution in [0.15, 0.2) is 89.0 Å². The number of benzene rings is 3. The van der Waals surface area contributed by atoms with E-state index in [4.69, 9.17) is 0 Å². The zero-order valence-electron chi connectivity index (χ0n) is 18.6. The van der Waals surface area contributed by atoms with Gasteiger partial charge in [0.25, 0.3) is 11.5 Å². The van der Waals surface area contributed by atoms with Gasteiger partial charge in [-0.15, -0.1) is 11.3 Å². The quantitative estimate of drug-likeness (QED) is 0.390. The number of aryl methyl sites for hydroxylation is 1. The van der Waals surface area contributed by atoms with E-state index in [2.05, 4.69) is 45.0 Å². The van der Waals surface area contributed by atoms with Crippen molar-refractivity contribution in [2.45, 2.75) is 13.3 Å². The van der Waals surface area contributed by atoms with Crippen LogP contribution in [0.5, 0.6) is 0 Å². The molecule has 1 amide bonds. The van der Waals surface area contributed by atoms with Crippen molar-refractivity contribution in [3.63, 3.8) is 0 Å². The van der Waals surface area contributed by atoms with Crippen molar-refractivity contribution in [3.8, 4) is 16.9 Å². The van der Waals surface area contributed by atoms with Gasteiger partial charge in [-0.3, -0.25) is 9.59 Å². The van der Waals surface area contributed by atoms with Crippen LogP contribution in [0, 0.1) is 6.92 Å². The molecule has 0 aliphatic carbocycles. The number of fused-ring (bicyclic) bond motifs is 1. The highest BCUT2D eigenvalue weighted by Crippen LogP contribution is 2.22. The lowest BCUT2D eigenvalue weighted by atomic mass is 10.1. The molecule has 0 radical (unpaired) electrons. The third-order valence-electron chi connectivity index (χ3n) is 5.59. The Morgan fingerprint density at radius 1 is 0.941 bits per heavy atom. The summed E-state index contributed by atoms with van der Waals surface area (Å²) in [6, 6.07) is 24.4. The minimum Gasteiger partial charge on any atom is -0.350 e. The standard InChI is InChI=1S/C27H22N4O2S/c1-18-29-24(17-34-18)20-13-11-19(12-14-20)15-16-28-26(32)25-22-9-5-6-10-23(22)27(33)31(30-25)21-7-3-2-4-8-21/h2-14,17H,15-16H2,1H3,(H,28,32). The molecule has 2 heterocycles.